The Kier molecular flexibility index (Phi) is 5.23. The predicted octanol–water partition coefficient (Wildman–Crippen LogP) is 3.63. The highest BCUT2D eigenvalue weighted by atomic mass is 15.2. The second-order valence-corrected chi connectivity index (χ2v) is 6.05. The van der Waals surface area contributed by atoms with Crippen molar-refractivity contribution in [1.82, 2.24) is 15.0 Å². The summed E-state index contributed by atoms with van der Waals surface area (Å²) in [6.07, 6.45) is 4.61. The second kappa shape index (κ2) is 7.75. The quantitative estimate of drug-likeness (QED) is 0.689. The molecule has 2 aromatic heterocycles. The van der Waals surface area contributed by atoms with E-state index < -0.39 is 0 Å². The molecule has 0 spiro atoms. The molecule has 25 heavy (non-hydrogen) atoms. The van der Waals surface area contributed by atoms with Crippen LogP contribution in [-0.4, -0.2) is 35.6 Å². The van der Waals surface area contributed by atoms with Crippen molar-refractivity contribution in [2.24, 2.45) is 0 Å². The van der Waals surface area contributed by atoms with Gasteiger partial charge in [-0.05, 0) is 43.2 Å². The van der Waals surface area contributed by atoms with Crippen molar-refractivity contribution in [2.45, 2.75) is 13.3 Å². The summed E-state index contributed by atoms with van der Waals surface area (Å²) in [7, 11) is 4.09. The van der Waals surface area contributed by atoms with Crippen LogP contribution in [-0.2, 0) is 6.42 Å². The third-order valence-electron chi connectivity index (χ3n) is 4.17. The molecule has 0 saturated heterocycles. The number of hydrogen-bond donors (Lipinski definition) is 0. The van der Waals surface area contributed by atoms with Gasteiger partial charge < -0.3 is 9.80 Å². The molecule has 128 valence electrons. The Balaban J connectivity index is 1.76. The van der Waals surface area contributed by atoms with Crippen LogP contribution in [0.1, 0.15) is 11.4 Å². The summed E-state index contributed by atoms with van der Waals surface area (Å²) in [6, 6.07) is 16.4. The van der Waals surface area contributed by atoms with E-state index in [1.54, 1.807) is 0 Å². The first kappa shape index (κ1) is 16.9. The van der Waals surface area contributed by atoms with Gasteiger partial charge in [-0.3, -0.25) is 4.98 Å². The zero-order valence-corrected chi connectivity index (χ0v) is 14.9. The molecule has 0 fully saturated rings. The molecule has 0 atom stereocenters. The Morgan fingerprint density at radius 3 is 2.28 bits per heavy atom. The van der Waals surface area contributed by atoms with E-state index in [2.05, 4.69) is 43.9 Å². The maximum Gasteiger partial charge on any atom is 0.138 e. The van der Waals surface area contributed by atoms with E-state index >= 15 is 0 Å². The molecular formula is C20H23N5. The molecular weight excluding hydrogens is 310 g/mol. The fraction of sp³-hybridized carbons (Fsp3) is 0.250. The SMILES string of the molecule is Cc1nc(N(C)CCc2ccncc2)cc(N(C)c2ccccc2)n1. The minimum absolute atomic E-state index is 0.769. The number of likely N-dealkylation sites (N-methyl/N-ethyl adjacent to an activating group) is 1. The van der Waals surface area contributed by atoms with E-state index in [4.69, 9.17) is 0 Å². The Morgan fingerprint density at radius 2 is 1.56 bits per heavy atom. The molecule has 2 heterocycles. The zero-order valence-electron chi connectivity index (χ0n) is 14.9. The van der Waals surface area contributed by atoms with E-state index in [9.17, 15) is 0 Å². The summed E-state index contributed by atoms with van der Waals surface area (Å²) >= 11 is 0. The molecule has 0 bridgehead atoms. The van der Waals surface area contributed by atoms with E-state index in [0.717, 1.165) is 36.1 Å². The summed E-state index contributed by atoms with van der Waals surface area (Å²) in [6.45, 7) is 2.82. The van der Waals surface area contributed by atoms with Crippen molar-refractivity contribution in [1.29, 1.82) is 0 Å². The largest absolute Gasteiger partial charge is 0.359 e. The number of benzene rings is 1. The predicted molar refractivity (Wildman–Crippen MR) is 102 cm³/mol. The van der Waals surface area contributed by atoms with Gasteiger partial charge in [0.1, 0.15) is 17.5 Å². The summed E-state index contributed by atoms with van der Waals surface area (Å²) in [5.41, 5.74) is 2.38. The lowest BCUT2D eigenvalue weighted by atomic mass is 10.2. The third-order valence-corrected chi connectivity index (χ3v) is 4.17. The number of rotatable bonds is 6. The topological polar surface area (TPSA) is 45.2 Å². The first-order valence-electron chi connectivity index (χ1n) is 8.38. The van der Waals surface area contributed by atoms with Crippen LogP contribution in [0.25, 0.3) is 0 Å². The van der Waals surface area contributed by atoms with Gasteiger partial charge in [0, 0.05) is 44.8 Å². The highest BCUT2D eigenvalue weighted by molar-refractivity contribution is 5.62. The van der Waals surface area contributed by atoms with Crippen molar-refractivity contribution < 1.29 is 0 Å². The normalized spacial score (nSPS) is 10.5. The molecule has 0 amide bonds. The Bertz CT molecular complexity index is 805. The van der Waals surface area contributed by atoms with E-state index in [1.165, 1.54) is 5.56 Å². The number of pyridine rings is 1. The van der Waals surface area contributed by atoms with Crippen LogP contribution < -0.4 is 9.80 Å². The molecule has 5 nitrogen and oxygen atoms in total. The van der Waals surface area contributed by atoms with Crippen molar-refractivity contribution in [2.75, 3.05) is 30.4 Å². The lowest BCUT2D eigenvalue weighted by molar-refractivity contribution is 0.846. The maximum atomic E-state index is 4.60. The van der Waals surface area contributed by atoms with Gasteiger partial charge in [0.25, 0.3) is 0 Å². The molecule has 0 radical (unpaired) electrons. The third kappa shape index (κ3) is 4.32. The summed E-state index contributed by atoms with van der Waals surface area (Å²) in [5, 5.41) is 0. The average Bonchev–Trinajstić information content (AvgIpc) is 2.66. The van der Waals surface area contributed by atoms with Crippen LogP contribution in [0.3, 0.4) is 0 Å². The van der Waals surface area contributed by atoms with Gasteiger partial charge >= 0.3 is 0 Å². The fourth-order valence-electron chi connectivity index (χ4n) is 2.65. The fourth-order valence-corrected chi connectivity index (χ4v) is 2.65. The number of anilines is 3. The highest BCUT2D eigenvalue weighted by Gasteiger charge is 2.11. The monoisotopic (exact) mass is 333 g/mol. The van der Waals surface area contributed by atoms with Crippen molar-refractivity contribution in [3.8, 4) is 0 Å². The van der Waals surface area contributed by atoms with Gasteiger partial charge in [-0.15, -0.1) is 0 Å². The lowest BCUT2D eigenvalue weighted by Crippen LogP contribution is -2.23. The highest BCUT2D eigenvalue weighted by Crippen LogP contribution is 2.24. The molecule has 3 rings (SSSR count). The molecule has 0 unspecified atom stereocenters. The first-order chi connectivity index (χ1) is 12.1. The van der Waals surface area contributed by atoms with Crippen molar-refractivity contribution in [3.63, 3.8) is 0 Å². The molecule has 1 aromatic carbocycles. The molecule has 0 N–H and O–H groups in total. The maximum absolute atomic E-state index is 4.60. The van der Waals surface area contributed by atoms with Gasteiger partial charge in [0.05, 0.1) is 0 Å². The van der Waals surface area contributed by atoms with Crippen LogP contribution in [0, 0.1) is 6.92 Å². The standard InChI is InChI=1S/C20H23N5/c1-16-22-19(24(2)14-11-17-9-12-21-13-10-17)15-20(23-16)25(3)18-7-5-4-6-8-18/h4-10,12-13,15H,11,14H2,1-3H3. The zero-order chi connectivity index (χ0) is 17.6. The van der Waals surface area contributed by atoms with Crippen LogP contribution >= 0.6 is 0 Å². The van der Waals surface area contributed by atoms with Crippen LogP contribution in [0.15, 0.2) is 60.9 Å². The van der Waals surface area contributed by atoms with Crippen LogP contribution in [0.2, 0.25) is 0 Å². The number of aryl methyl sites for hydroxylation is 1. The molecule has 0 aliphatic carbocycles. The molecule has 5 heteroatoms. The molecule has 3 aromatic rings. The molecule has 0 aliphatic heterocycles. The van der Waals surface area contributed by atoms with Gasteiger partial charge in [-0.25, -0.2) is 9.97 Å². The van der Waals surface area contributed by atoms with Gasteiger partial charge in [0.15, 0.2) is 0 Å². The Morgan fingerprint density at radius 1 is 0.880 bits per heavy atom. The lowest BCUT2D eigenvalue weighted by Gasteiger charge is -2.23. The van der Waals surface area contributed by atoms with Gasteiger partial charge in [-0.2, -0.15) is 0 Å². The number of aromatic nitrogens is 3. The van der Waals surface area contributed by atoms with E-state index in [1.807, 2.05) is 62.8 Å². The summed E-state index contributed by atoms with van der Waals surface area (Å²) in [4.78, 5) is 17.5. The number of hydrogen-bond acceptors (Lipinski definition) is 5. The van der Waals surface area contributed by atoms with Crippen molar-refractivity contribution >= 4 is 17.3 Å². The smallest absolute Gasteiger partial charge is 0.138 e. The van der Waals surface area contributed by atoms with E-state index in [0.29, 0.717) is 0 Å². The van der Waals surface area contributed by atoms with Crippen molar-refractivity contribution in [3.05, 3.63) is 72.3 Å². The average molecular weight is 333 g/mol. The summed E-state index contributed by atoms with van der Waals surface area (Å²) in [5.74, 6) is 2.59. The van der Waals surface area contributed by atoms with Gasteiger partial charge in [-0.1, -0.05) is 18.2 Å². The summed E-state index contributed by atoms with van der Waals surface area (Å²) < 4.78 is 0. The van der Waals surface area contributed by atoms with Crippen LogP contribution in [0.4, 0.5) is 17.3 Å². The number of para-hydroxylation sites is 1. The van der Waals surface area contributed by atoms with Crippen LogP contribution in [0.5, 0.6) is 0 Å². The minimum atomic E-state index is 0.769. The minimum Gasteiger partial charge on any atom is -0.359 e. The Labute approximate surface area is 149 Å². The molecule has 0 saturated carbocycles. The van der Waals surface area contributed by atoms with Gasteiger partial charge in [0.2, 0.25) is 0 Å². The number of nitrogens with zero attached hydrogens (tertiary/aromatic N) is 5. The second-order valence-electron chi connectivity index (χ2n) is 6.05. The van der Waals surface area contributed by atoms with E-state index in [-0.39, 0.29) is 0 Å². The molecule has 0 aliphatic rings. The first-order valence-corrected chi connectivity index (χ1v) is 8.38. The Hall–Kier alpha value is -2.95.